The van der Waals surface area contributed by atoms with E-state index >= 15 is 0 Å². The Kier molecular flexibility index (Phi) is 1.87. The molecule has 0 bridgehead atoms. The van der Waals surface area contributed by atoms with Gasteiger partial charge in [0.25, 0.3) is 0 Å². The summed E-state index contributed by atoms with van der Waals surface area (Å²) in [6.07, 6.45) is 4.31. The Morgan fingerprint density at radius 2 is 1.92 bits per heavy atom. The van der Waals surface area contributed by atoms with Gasteiger partial charge in [-0.3, -0.25) is 5.32 Å². The lowest BCUT2D eigenvalue weighted by molar-refractivity contribution is 0.557. The molecule has 0 saturated heterocycles. The fraction of sp³-hybridized carbons (Fsp3) is 0.714. The highest BCUT2D eigenvalue weighted by Gasteiger charge is 2.46. The number of nitrogens with zero attached hydrogens (tertiary/aromatic N) is 2. The van der Waals surface area contributed by atoms with Gasteiger partial charge in [0.05, 0.1) is 0 Å². The quantitative estimate of drug-likeness (QED) is 0.567. The molecule has 1 fully saturated rings. The fourth-order valence-corrected chi connectivity index (χ4v) is 2.41. The number of hydrogen-bond donors (Lipinski definition) is 3. The van der Waals surface area contributed by atoms with Gasteiger partial charge in [-0.1, -0.05) is 0 Å². The molecule has 1 aliphatic carbocycles. The first kappa shape index (κ1) is 8.68. The number of rotatable bonds is 2. The molecule has 0 unspecified atom stereocenters. The minimum absolute atomic E-state index is 0.369. The summed E-state index contributed by atoms with van der Waals surface area (Å²) in [7, 11) is 0. The van der Waals surface area contributed by atoms with Crippen molar-refractivity contribution < 1.29 is 0 Å². The van der Waals surface area contributed by atoms with Gasteiger partial charge in [0.2, 0.25) is 4.99 Å². The summed E-state index contributed by atoms with van der Waals surface area (Å²) >= 11 is 1.60. The maximum atomic E-state index is 5.61. The number of aliphatic imine (C=N–C) groups is 2. The molecule has 13 heavy (non-hydrogen) atoms. The predicted octanol–water partition coefficient (Wildman–Crippen LogP) is -0.354. The monoisotopic (exact) mass is 199 g/mol. The third-order valence-electron chi connectivity index (χ3n) is 2.23. The smallest absolute Gasteiger partial charge is 0.207 e. The number of nitrogens with two attached hydrogens (primary N) is 2. The summed E-state index contributed by atoms with van der Waals surface area (Å²) in [5, 5.41) is 2.69. The van der Waals surface area contributed by atoms with Gasteiger partial charge in [0.1, 0.15) is 0 Å². The van der Waals surface area contributed by atoms with Crippen molar-refractivity contribution in [1.29, 1.82) is 0 Å². The second-order valence-corrected chi connectivity index (χ2v) is 4.27. The van der Waals surface area contributed by atoms with E-state index < -0.39 is 4.99 Å². The Hall–Kier alpha value is -0.910. The van der Waals surface area contributed by atoms with Crippen LogP contribution in [-0.4, -0.2) is 23.2 Å². The van der Waals surface area contributed by atoms with E-state index in [2.05, 4.69) is 15.3 Å². The Labute approximate surface area is 81.1 Å². The summed E-state index contributed by atoms with van der Waals surface area (Å²) < 4.78 is 0. The molecule has 0 spiro atoms. The molecule has 0 aromatic heterocycles. The lowest BCUT2D eigenvalue weighted by Crippen LogP contribution is -2.49. The molecule has 5 N–H and O–H groups in total. The van der Waals surface area contributed by atoms with Gasteiger partial charge in [-0.05, 0) is 19.1 Å². The van der Waals surface area contributed by atoms with Crippen molar-refractivity contribution in [2.75, 3.05) is 6.26 Å². The van der Waals surface area contributed by atoms with Crippen LogP contribution in [0.25, 0.3) is 0 Å². The van der Waals surface area contributed by atoms with Crippen molar-refractivity contribution in [3.63, 3.8) is 0 Å². The molecule has 0 aromatic rings. The SMILES string of the molecule is CSC1(C2CC2)N=C(N)NC(N)=N1. The fourth-order valence-electron chi connectivity index (χ4n) is 1.46. The zero-order valence-corrected chi connectivity index (χ0v) is 8.27. The van der Waals surface area contributed by atoms with E-state index in [1.807, 2.05) is 6.26 Å². The number of nitrogens with one attached hydrogen (secondary N) is 1. The van der Waals surface area contributed by atoms with Crippen molar-refractivity contribution in [2.24, 2.45) is 27.4 Å². The van der Waals surface area contributed by atoms with Gasteiger partial charge in [0, 0.05) is 5.92 Å². The molecule has 1 saturated carbocycles. The minimum atomic E-state index is -0.445. The zero-order chi connectivity index (χ0) is 9.47. The van der Waals surface area contributed by atoms with Gasteiger partial charge >= 0.3 is 0 Å². The van der Waals surface area contributed by atoms with E-state index in [-0.39, 0.29) is 0 Å². The molecule has 1 aliphatic heterocycles. The van der Waals surface area contributed by atoms with Crippen LogP contribution in [0.3, 0.4) is 0 Å². The lowest BCUT2D eigenvalue weighted by Gasteiger charge is -2.27. The van der Waals surface area contributed by atoms with Crippen LogP contribution in [0.2, 0.25) is 0 Å². The molecule has 0 amide bonds. The van der Waals surface area contributed by atoms with Crippen LogP contribution in [0.4, 0.5) is 0 Å². The first-order valence-corrected chi connectivity index (χ1v) is 5.41. The van der Waals surface area contributed by atoms with Crippen LogP contribution in [0.5, 0.6) is 0 Å². The molecular formula is C7H13N5S. The number of guanidine groups is 2. The summed E-state index contributed by atoms with van der Waals surface area (Å²) in [6.45, 7) is 0. The molecule has 72 valence electrons. The van der Waals surface area contributed by atoms with E-state index in [0.717, 1.165) is 12.8 Å². The van der Waals surface area contributed by atoms with Crippen molar-refractivity contribution in [3.05, 3.63) is 0 Å². The van der Waals surface area contributed by atoms with Crippen LogP contribution in [0.1, 0.15) is 12.8 Å². The van der Waals surface area contributed by atoms with Crippen LogP contribution >= 0.6 is 11.8 Å². The third-order valence-corrected chi connectivity index (χ3v) is 3.34. The highest BCUT2D eigenvalue weighted by molar-refractivity contribution is 8.00. The van der Waals surface area contributed by atoms with E-state index in [0.29, 0.717) is 17.8 Å². The highest BCUT2D eigenvalue weighted by Crippen LogP contribution is 2.49. The van der Waals surface area contributed by atoms with Crippen molar-refractivity contribution >= 4 is 23.7 Å². The molecule has 1 heterocycles. The van der Waals surface area contributed by atoms with Crippen LogP contribution in [0.15, 0.2) is 9.98 Å². The van der Waals surface area contributed by atoms with Gasteiger partial charge in [-0.2, -0.15) is 0 Å². The predicted molar refractivity (Wildman–Crippen MR) is 55.4 cm³/mol. The minimum Gasteiger partial charge on any atom is -0.370 e. The van der Waals surface area contributed by atoms with Crippen molar-refractivity contribution in [3.8, 4) is 0 Å². The Morgan fingerprint density at radius 1 is 1.38 bits per heavy atom. The average Bonchev–Trinajstić information content (AvgIpc) is 2.84. The van der Waals surface area contributed by atoms with Crippen molar-refractivity contribution in [1.82, 2.24) is 5.32 Å². The first-order valence-electron chi connectivity index (χ1n) is 4.19. The van der Waals surface area contributed by atoms with E-state index in [1.165, 1.54) is 0 Å². The van der Waals surface area contributed by atoms with Crippen LogP contribution in [-0.2, 0) is 0 Å². The largest absolute Gasteiger partial charge is 0.370 e. The maximum Gasteiger partial charge on any atom is 0.207 e. The summed E-state index contributed by atoms with van der Waals surface area (Å²) in [4.78, 5) is 8.20. The Bertz CT molecular complexity index is 263. The van der Waals surface area contributed by atoms with E-state index in [4.69, 9.17) is 11.5 Å². The zero-order valence-electron chi connectivity index (χ0n) is 7.45. The molecule has 5 nitrogen and oxygen atoms in total. The molecule has 0 atom stereocenters. The molecule has 2 aliphatic rings. The summed E-state index contributed by atoms with van der Waals surface area (Å²) in [6, 6.07) is 0. The average molecular weight is 199 g/mol. The van der Waals surface area contributed by atoms with Crippen molar-refractivity contribution in [2.45, 2.75) is 17.8 Å². The second-order valence-electron chi connectivity index (χ2n) is 3.26. The first-order chi connectivity index (χ1) is 6.16. The van der Waals surface area contributed by atoms with E-state index in [9.17, 15) is 0 Å². The van der Waals surface area contributed by atoms with Gasteiger partial charge < -0.3 is 11.5 Å². The maximum absolute atomic E-state index is 5.61. The second kappa shape index (κ2) is 2.80. The molecule has 2 rings (SSSR count). The number of hydrogen-bond acceptors (Lipinski definition) is 6. The molecular weight excluding hydrogens is 186 g/mol. The Morgan fingerprint density at radius 3 is 2.31 bits per heavy atom. The van der Waals surface area contributed by atoms with Crippen LogP contribution < -0.4 is 16.8 Å². The third kappa shape index (κ3) is 1.46. The van der Waals surface area contributed by atoms with Gasteiger partial charge in [-0.15, -0.1) is 11.8 Å². The summed E-state index contributed by atoms with van der Waals surface area (Å²) in [5.41, 5.74) is 11.2. The van der Waals surface area contributed by atoms with E-state index in [1.54, 1.807) is 11.8 Å². The Balaban J connectivity index is 2.31. The molecule has 0 aromatic carbocycles. The molecule has 6 heteroatoms. The van der Waals surface area contributed by atoms with Crippen LogP contribution in [0, 0.1) is 5.92 Å². The summed E-state index contributed by atoms with van der Waals surface area (Å²) in [5.74, 6) is 1.24. The highest BCUT2D eigenvalue weighted by atomic mass is 32.2. The number of thioether (sulfide) groups is 1. The standard InChI is InChI=1S/C7H13N5S/c1-13-7(4-2-3-4)11-5(8)10-6(9)12-7/h4H,2-3H2,1H3,(H5,8,9,10,11,12). The lowest BCUT2D eigenvalue weighted by atomic mass is 10.3. The topological polar surface area (TPSA) is 88.8 Å². The van der Waals surface area contributed by atoms with Gasteiger partial charge in [-0.25, -0.2) is 9.98 Å². The molecule has 0 radical (unpaired) electrons. The normalized spacial score (nSPS) is 25.9. The van der Waals surface area contributed by atoms with Gasteiger partial charge in [0.15, 0.2) is 11.9 Å².